The van der Waals surface area contributed by atoms with Gasteiger partial charge in [-0.25, -0.2) is 4.79 Å². The molecule has 19 heavy (non-hydrogen) atoms. The van der Waals surface area contributed by atoms with Crippen LogP contribution in [-0.2, 0) is 11.3 Å². The van der Waals surface area contributed by atoms with Crippen LogP contribution in [0.4, 0.5) is 0 Å². The van der Waals surface area contributed by atoms with Crippen LogP contribution in [0.2, 0.25) is 0 Å². The average molecular weight is 259 g/mol. The van der Waals surface area contributed by atoms with Gasteiger partial charge in [-0.1, -0.05) is 36.4 Å². The molecule has 2 aromatic rings. The number of carbonyl (C=O) groups is 1. The van der Waals surface area contributed by atoms with Crippen LogP contribution >= 0.6 is 0 Å². The molecule has 0 aliphatic carbocycles. The largest absolute Gasteiger partial charge is 0.479 e. The first-order chi connectivity index (χ1) is 9.09. The zero-order valence-electron chi connectivity index (χ0n) is 10.8. The molecule has 0 aliphatic rings. The van der Waals surface area contributed by atoms with E-state index in [4.69, 9.17) is 5.11 Å². The number of aliphatic hydroxyl groups excluding tert-OH is 1. The summed E-state index contributed by atoms with van der Waals surface area (Å²) in [5.41, 5.74) is 2.28. The number of hydrogen-bond donors (Lipinski definition) is 3. The van der Waals surface area contributed by atoms with E-state index in [-0.39, 0.29) is 6.54 Å². The number of rotatable bonds is 5. The number of fused-ring (bicyclic) bond motifs is 1. The molecule has 100 valence electrons. The van der Waals surface area contributed by atoms with Gasteiger partial charge in [0.1, 0.15) is 0 Å². The molecule has 0 amide bonds. The summed E-state index contributed by atoms with van der Waals surface area (Å²) in [5.74, 6) is -1.21. The van der Waals surface area contributed by atoms with Gasteiger partial charge in [0, 0.05) is 13.1 Å². The molecule has 0 fully saturated rings. The van der Waals surface area contributed by atoms with Crippen molar-refractivity contribution in [1.29, 1.82) is 0 Å². The minimum Gasteiger partial charge on any atom is -0.479 e. The fourth-order valence-electron chi connectivity index (χ4n) is 2.09. The third-order valence-electron chi connectivity index (χ3n) is 3.25. The first kappa shape index (κ1) is 13.5. The summed E-state index contributed by atoms with van der Waals surface area (Å²) in [7, 11) is 0. The van der Waals surface area contributed by atoms with E-state index in [0.717, 1.165) is 5.56 Å². The molecule has 1 atom stereocenters. The highest BCUT2D eigenvalue weighted by Gasteiger charge is 2.12. The molecule has 0 radical (unpaired) electrons. The Labute approximate surface area is 111 Å². The number of carboxylic acids is 1. The van der Waals surface area contributed by atoms with Gasteiger partial charge >= 0.3 is 5.97 Å². The molecule has 0 bridgehead atoms. The van der Waals surface area contributed by atoms with Crippen LogP contribution < -0.4 is 5.32 Å². The van der Waals surface area contributed by atoms with E-state index in [0.29, 0.717) is 6.54 Å². The Kier molecular flexibility index (Phi) is 4.14. The van der Waals surface area contributed by atoms with Crippen LogP contribution in [0, 0.1) is 6.92 Å². The summed E-state index contributed by atoms with van der Waals surface area (Å²) in [6, 6.07) is 12.2. The van der Waals surface area contributed by atoms with Gasteiger partial charge in [-0.15, -0.1) is 0 Å². The van der Waals surface area contributed by atoms with Crippen molar-refractivity contribution in [3.8, 4) is 0 Å². The van der Waals surface area contributed by atoms with Crippen molar-refractivity contribution in [3.63, 3.8) is 0 Å². The first-order valence-electron chi connectivity index (χ1n) is 6.18. The Balaban J connectivity index is 2.09. The summed E-state index contributed by atoms with van der Waals surface area (Å²) in [6.45, 7) is 2.63. The first-order valence-corrected chi connectivity index (χ1v) is 6.18. The van der Waals surface area contributed by atoms with Crippen molar-refractivity contribution in [3.05, 3.63) is 47.5 Å². The van der Waals surface area contributed by atoms with E-state index in [1.807, 2.05) is 31.2 Å². The monoisotopic (exact) mass is 259 g/mol. The maximum Gasteiger partial charge on any atom is 0.333 e. The van der Waals surface area contributed by atoms with Crippen molar-refractivity contribution in [2.75, 3.05) is 6.54 Å². The molecule has 1 unspecified atom stereocenters. The highest BCUT2D eigenvalue weighted by molar-refractivity contribution is 5.86. The molecule has 2 rings (SSSR count). The van der Waals surface area contributed by atoms with E-state index in [1.165, 1.54) is 16.3 Å². The lowest BCUT2D eigenvalue weighted by molar-refractivity contribution is -0.146. The number of carboxylic acid groups (broad SMARTS) is 1. The normalized spacial score (nSPS) is 12.5. The van der Waals surface area contributed by atoms with Gasteiger partial charge in [0.05, 0.1) is 0 Å². The second kappa shape index (κ2) is 5.82. The van der Waals surface area contributed by atoms with Gasteiger partial charge in [0.15, 0.2) is 6.10 Å². The van der Waals surface area contributed by atoms with Gasteiger partial charge in [0.2, 0.25) is 0 Å². The van der Waals surface area contributed by atoms with Crippen LogP contribution in [-0.4, -0.2) is 28.8 Å². The van der Waals surface area contributed by atoms with E-state index < -0.39 is 12.1 Å². The fraction of sp³-hybridized carbons (Fsp3) is 0.267. The van der Waals surface area contributed by atoms with Crippen molar-refractivity contribution < 1.29 is 15.0 Å². The lowest BCUT2D eigenvalue weighted by Gasteiger charge is -2.11. The van der Waals surface area contributed by atoms with Crippen LogP contribution in [0.25, 0.3) is 10.8 Å². The van der Waals surface area contributed by atoms with Crippen molar-refractivity contribution >= 4 is 16.7 Å². The summed E-state index contributed by atoms with van der Waals surface area (Å²) in [4.78, 5) is 10.5. The molecular weight excluding hydrogens is 242 g/mol. The Morgan fingerprint density at radius 2 is 2.00 bits per heavy atom. The van der Waals surface area contributed by atoms with E-state index >= 15 is 0 Å². The number of hydrogen-bond acceptors (Lipinski definition) is 3. The highest BCUT2D eigenvalue weighted by Crippen LogP contribution is 2.21. The van der Waals surface area contributed by atoms with Gasteiger partial charge < -0.3 is 15.5 Å². The summed E-state index contributed by atoms with van der Waals surface area (Å²) < 4.78 is 0. The quantitative estimate of drug-likeness (QED) is 0.764. The molecule has 0 aliphatic heterocycles. The van der Waals surface area contributed by atoms with E-state index in [1.54, 1.807) is 0 Å². The number of benzene rings is 2. The van der Waals surface area contributed by atoms with Gasteiger partial charge in [0.25, 0.3) is 0 Å². The second-order valence-corrected chi connectivity index (χ2v) is 4.56. The van der Waals surface area contributed by atoms with Crippen LogP contribution in [0.1, 0.15) is 11.1 Å². The Morgan fingerprint density at radius 3 is 2.74 bits per heavy atom. The number of aliphatic carboxylic acids is 1. The lowest BCUT2D eigenvalue weighted by atomic mass is 10.00. The molecule has 3 N–H and O–H groups in total. The SMILES string of the molecule is Cc1c(CNCC(O)C(=O)O)ccc2ccccc12. The Morgan fingerprint density at radius 1 is 1.26 bits per heavy atom. The molecule has 0 heterocycles. The van der Waals surface area contributed by atoms with Crippen LogP contribution in [0.3, 0.4) is 0 Å². The van der Waals surface area contributed by atoms with Gasteiger partial charge in [-0.2, -0.15) is 0 Å². The third-order valence-corrected chi connectivity index (χ3v) is 3.25. The highest BCUT2D eigenvalue weighted by atomic mass is 16.4. The van der Waals surface area contributed by atoms with Crippen molar-refractivity contribution in [2.24, 2.45) is 0 Å². The Bertz CT molecular complexity index is 595. The zero-order chi connectivity index (χ0) is 13.8. The maximum absolute atomic E-state index is 10.5. The van der Waals surface area contributed by atoms with Crippen molar-refractivity contribution in [2.45, 2.75) is 19.6 Å². The number of nitrogens with one attached hydrogen (secondary N) is 1. The zero-order valence-corrected chi connectivity index (χ0v) is 10.8. The van der Waals surface area contributed by atoms with E-state index in [2.05, 4.69) is 17.4 Å². The molecule has 0 spiro atoms. The smallest absolute Gasteiger partial charge is 0.333 e. The molecule has 4 nitrogen and oxygen atoms in total. The predicted octanol–water partition coefficient (Wildman–Crippen LogP) is 1.68. The standard InChI is InChI=1S/C15H17NO3/c1-10-12(8-16-9-14(17)15(18)19)7-6-11-4-2-3-5-13(10)11/h2-7,14,16-17H,8-9H2,1H3,(H,18,19). The lowest BCUT2D eigenvalue weighted by Crippen LogP contribution is -2.32. The topological polar surface area (TPSA) is 69.6 Å². The fourth-order valence-corrected chi connectivity index (χ4v) is 2.09. The van der Waals surface area contributed by atoms with E-state index in [9.17, 15) is 9.90 Å². The summed E-state index contributed by atoms with van der Waals surface area (Å²) >= 11 is 0. The predicted molar refractivity (Wildman–Crippen MR) is 74.0 cm³/mol. The second-order valence-electron chi connectivity index (χ2n) is 4.56. The molecule has 2 aromatic carbocycles. The minimum absolute atomic E-state index is 0.0433. The van der Waals surface area contributed by atoms with Crippen LogP contribution in [0.15, 0.2) is 36.4 Å². The Hall–Kier alpha value is -1.91. The number of aryl methyl sites for hydroxylation is 1. The van der Waals surface area contributed by atoms with Gasteiger partial charge in [-0.3, -0.25) is 0 Å². The molecule has 4 heteroatoms. The maximum atomic E-state index is 10.5. The van der Waals surface area contributed by atoms with Gasteiger partial charge in [-0.05, 0) is 28.8 Å². The van der Waals surface area contributed by atoms with Crippen LogP contribution in [0.5, 0.6) is 0 Å². The number of aliphatic hydroxyl groups is 1. The minimum atomic E-state index is -1.36. The summed E-state index contributed by atoms with van der Waals surface area (Å²) in [6.07, 6.45) is -1.36. The molecule has 0 aromatic heterocycles. The molecule has 0 saturated carbocycles. The summed E-state index contributed by atoms with van der Waals surface area (Å²) in [5, 5.41) is 23.1. The average Bonchev–Trinajstić information content (AvgIpc) is 2.41. The molecule has 0 saturated heterocycles. The van der Waals surface area contributed by atoms with Crippen molar-refractivity contribution in [1.82, 2.24) is 5.32 Å². The third kappa shape index (κ3) is 3.10. The molecular formula is C15H17NO3.